The summed E-state index contributed by atoms with van der Waals surface area (Å²) in [5.74, 6) is 0.397. The monoisotopic (exact) mass is 360 g/mol. The van der Waals surface area contributed by atoms with Crippen molar-refractivity contribution in [3.05, 3.63) is 71.8 Å². The smallest absolute Gasteiger partial charge is 0.338 e. The molecule has 1 saturated heterocycles. The summed E-state index contributed by atoms with van der Waals surface area (Å²) in [6, 6.07) is 17.7. The minimum absolute atomic E-state index is 0.395. The molecule has 3 rings (SSSR count). The maximum atomic E-state index is 12.2. The fourth-order valence-electron chi connectivity index (χ4n) is 2.22. The van der Waals surface area contributed by atoms with E-state index in [-0.39, 0.29) is 0 Å². The highest BCUT2D eigenvalue weighted by atomic mass is 33.1. The first kappa shape index (κ1) is 16.9. The van der Waals surface area contributed by atoms with E-state index in [1.807, 2.05) is 12.1 Å². The summed E-state index contributed by atoms with van der Waals surface area (Å²) in [5.41, 5.74) is 0.989. The third kappa shape index (κ3) is 4.33. The van der Waals surface area contributed by atoms with Gasteiger partial charge >= 0.3 is 11.9 Å². The van der Waals surface area contributed by atoms with E-state index >= 15 is 0 Å². The summed E-state index contributed by atoms with van der Waals surface area (Å²) in [7, 11) is 3.23. The lowest BCUT2D eigenvalue weighted by atomic mass is 10.2. The Morgan fingerprint density at radius 2 is 1.08 bits per heavy atom. The number of hydrogen-bond donors (Lipinski definition) is 0. The molecule has 0 aromatic heterocycles. The van der Waals surface area contributed by atoms with Crippen molar-refractivity contribution in [3.63, 3.8) is 0 Å². The number of hydrogen-bond acceptors (Lipinski definition) is 6. The minimum Gasteiger partial charge on any atom is -0.454 e. The van der Waals surface area contributed by atoms with Crippen LogP contribution in [0.3, 0.4) is 0 Å². The Balaban J connectivity index is 1.65. The van der Waals surface area contributed by atoms with Crippen LogP contribution in [0, 0.1) is 0 Å². The van der Waals surface area contributed by atoms with E-state index in [9.17, 15) is 9.59 Å². The molecule has 2 aromatic carbocycles. The van der Waals surface area contributed by atoms with Crippen molar-refractivity contribution in [1.29, 1.82) is 0 Å². The van der Waals surface area contributed by atoms with Crippen LogP contribution in [0.1, 0.15) is 20.7 Å². The van der Waals surface area contributed by atoms with Crippen molar-refractivity contribution >= 4 is 33.5 Å². The number of benzene rings is 2. The highest BCUT2D eigenvalue weighted by molar-refractivity contribution is 8.76. The molecule has 0 N–H and O–H groups in total. The molecule has 2 atom stereocenters. The van der Waals surface area contributed by atoms with Gasteiger partial charge in [-0.1, -0.05) is 58.0 Å². The molecule has 24 heavy (non-hydrogen) atoms. The zero-order valence-electron chi connectivity index (χ0n) is 12.8. The largest absolute Gasteiger partial charge is 0.454 e. The maximum Gasteiger partial charge on any atom is 0.338 e. The Labute approximate surface area is 148 Å². The molecule has 1 aliphatic heterocycles. The van der Waals surface area contributed by atoms with Crippen molar-refractivity contribution in [2.75, 3.05) is 11.5 Å². The highest BCUT2D eigenvalue weighted by Crippen LogP contribution is 2.33. The van der Waals surface area contributed by atoms with Crippen LogP contribution in [0.4, 0.5) is 0 Å². The maximum absolute atomic E-state index is 12.2. The summed E-state index contributed by atoms with van der Waals surface area (Å²) in [4.78, 5) is 24.5. The first-order chi connectivity index (χ1) is 11.7. The molecular formula is C18H16O4S2. The molecule has 1 fully saturated rings. The summed E-state index contributed by atoms with van der Waals surface area (Å²) >= 11 is 0. The van der Waals surface area contributed by atoms with Gasteiger partial charge in [0.2, 0.25) is 0 Å². The van der Waals surface area contributed by atoms with Crippen LogP contribution in [0.15, 0.2) is 60.7 Å². The van der Waals surface area contributed by atoms with Crippen LogP contribution >= 0.6 is 21.6 Å². The molecule has 0 bridgehead atoms. The van der Waals surface area contributed by atoms with Crippen LogP contribution < -0.4 is 0 Å². The Morgan fingerprint density at radius 1 is 0.708 bits per heavy atom. The van der Waals surface area contributed by atoms with Crippen LogP contribution in [-0.2, 0) is 9.47 Å². The van der Waals surface area contributed by atoms with Gasteiger partial charge in [-0.3, -0.25) is 0 Å². The lowest BCUT2D eigenvalue weighted by Gasteiger charge is -2.29. The first-order valence-corrected chi connectivity index (χ1v) is 9.99. The fourth-order valence-corrected chi connectivity index (χ4v) is 4.63. The van der Waals surface area contributed by atoms with Gasteiger partial charge in [-0.15, -0.1) is 0 Å². The molecule has 1 aliphatic rings. The van der Waals surface area contributed by atoms with Gasteiger partial charge in [0.15, 0.2) is 0 Å². The summed E-state index contributed by atoms with van der Waals surface area (Å²) in [6.45, 7) is 0. The lowest BCUT2D eigenvalue weighted by molar-refractivity contribution is -0.0212. The second-order valence-electron chi connectivity index (χ2n) is 5.19. The number of ether oxygens (including phenoxy) is 2. The van der Waals surface area contributed by atoms with E-state index in [1.54, 1.807) is 70.1 Å². The van der Waals surface area contributed by atoms with Crippen molar-refractivity contribution in [3.8, 4) is 0 Å². The molecule has 2 aromatic rings. The van der Waals surface area contributed by atoms with Gasteiger partial charge in [-0.25, -0.2) is 9.59 Å². The fraction of sp³-hybridized carbons (Fsp3) is 0.222. The molecule has 0 saturated carbocycles. The Bertz CT molecular complexity index is 629. The first-order valence-electron chi connectivity index (χ1n) is 7.50. The van der Waals surface area contributed by atoms with Crippen LogP contribution in [0.25, 0.3) is 0 Å². The molecular weight excluding hydrogens is 344 g/mol. The van der Waals surface area contributed by atoms with E-state index in [4.69, 9.17) is 9.47 Å². The predicted octanol–water partition coefficient (Wildman–Crippen LogP) is 3.83. The number of carbonyl (C=O) groups excluding carboxylic acids is 2. The molecule has 6 heteroatoms. The third-order valence-corrected chi connectivity index (χ3v) is 5.91. The minimum atomic E-state index is -0.448. The van der Waals surface area contributed by atoms with Crippen LogP contribution in [-0.4, -0.2) is 35.7 Å². The Morgan fingerprint density at radius 3 is 1.46 bits per heavy atom. The van der Waals surface area contributed by atoms with Gasteiger partial charge in [0.05, 0.1) is 11.1 Å². The zero-order chi connectivity index (χ0) is 16.8. The molecule has 0 aliphatic carbocycles. The molecule has 0 spiro atoms. The average molecular weight is 360 g/mol. The van der Waals surface area contributed by atoms with Crippen molar-refractivity contribution in [2.45, 2.75) is 12.2 Å². The Hall–Kier alpha value is -1.92. The lowest BCUT2D eigenvalue weighted by Crippen LogP contribution is -2.40. The highest BCUT2D eigenvalue weighted by Gasteiger charge is 2.33. The summed E-state index contributed by atoms with van der Waals surface area (Å²) in [6.07, 6.45) is -0.895. The third-order valence-electron chi connectivity index (χ3n) is 3.50. The molecule has 4 nitrogen and oxygen atoms in total. The van der Waals surface area contributed by atoms with E-state index in [0.29, 0.717) is 22.6 Å². The topological polar surface area (TPSA) is 52.6 Å². The SMILES string of the molecule is O=C(O[C@@H]1CSSC[C@H]1OC(=O)c1ccccc1)c1ccccc1. The number of esters is 2. The molecule has 0 unspecified atom stereocenters. The van der Waals surface area contributed by atoms with Crippen molar-refractivity contribution in [2.24, 2.45) is 0 Å². The standard InChI is InChI=1S/C18H16O4S2/c19-17(13-7-3-1-4-8-13)21-15-11-23-24-12-16(15)22-18(20)14-9-5-2-6-10-14/h1-10,15-16H,11-12H2/t15-,16-/m1/s1. The van der Waals surface area contributed by atoms with Gasteiger partial charge in [0.1, 0.15) is 12.2 Å². The van der Waals surface area contributed by atoms with E-state index < -0.39 is 24.1 Å². The summed E-state index contributed by atoms with van der Waals surface area (Å²) < 4.78 is 11.2. The number of carbonyl (C=O) groups is 2. The zero-order valence-corrected chi connectivity index (χ0v) is 14.4. The Kier molecular flexibility index (Phi) is 5.82. The van der Waals surface area contributed by atoms with Gasteiger partial charge in [0.25, 0.3) is 0 Å². The quantitative estimate of drug-likeness (QED) is 0.610. The van der Waals surface area contributed by atoms with Gasteiger partial charge < -0.3 is 9.47 Å². The van der Waals surface area contributed by atoms with Gasteiger partial charge in [-0.05, 0) is 24.3 Å². The van der Waals surface area contributed by atoms with Gasteiger partial charge in [0, 0.05) is 11.5 Å². The summed E-state index contributed by atoms with van der Waals surface area (Å²) in [5, 5.41) is 0. The van der Waals surface area contributed by atoms with E-state index in [2.05, 4.69) is 0 Å². The molecule has 124 valence electrons. The average Bonchev–Trinajstić information content (AvgIpc) is 2.64. The van der Waals surface area contributed by atoms with E-state index in [0.717, 1.165) is 0 Å². The predicted molar refractivity (Wildman–Crippen MR) is 96.2 cm³/mol. The normalized spacial score (nSPS) is 20.2. The molecule has 0 radical (unpaired) electrons. The molecule has 0 amide bonds. The number of rotatable bonds is 4. The molecule has 1 heterocycles. The van der Waals surface area contributed by atoms with Crippen molar-refractivity contribution < 1.29 is 19.1 Å². The van der Waals surface area contributed by atoms with Crippen LogP contribution in [0.2, 0.25) is 0 Å². The van der Waals surface area contributed by atoms with Crippen molar-refractivity contribution in [1.82, 2.24) is 0 Å². The second-order valence-corrected chi connectivity index (χ2v) is 7.74. The van der Waals surface area contributed by atoms with E-state index in [1.165, 1.54) is 0 Å². The second kappa shape index (κ2) is 8.26. The van der Waals surface area contributed by atoms with Gasteiger partial charge in [-0.2, -0.15) is 0 Å². The van der Waals surface area contributed by atoms with Crippen LogP contribution in [0.5, 0.6) is 0 Å².